The minimum absolute atomic E-state index is 0.0184. The first-order valence-electron chi connectivity index (χ1n) is 4.37. The number of unbranched alkanes of at least 4 members (excludes halogenated alkanes) is 1. The van der Waals surface area contributed by atoms with Crippen LogP contribution in [-0.4, -0.2) is 12.5 Å². The predicted molar refractivity (Wildman–Crippen MR) is 56.0 cm³/mol. The van der Waals surface area contributed by atoms with Crippen LogP contribution in [0.4, 0.5) is 5.00 Å². The largest absolute Gasteiger partial charge is 0.391 e. The Labute approximate surface area is 81.9 Å². The molecule has 0 aliphatic rings. The maximum Gasteiger partial charge on any atom is 0.261 e. The Balaban J connectivity index is 2.40. The van der Waals surface area contributed by atoms with Crippen molar-refractivity contribution in [2.24, 2.45) is 0 Å². The summed E-state index contributed by atoms with van der Waals surface area (Å²) in [7, 11) is 0. The fourth-order valence-electron chi connectivity index (χ4n) is 0.941. The van der Waals surface area contributed by atoms with Gasteiger partial charge < -0.3 is 11.1 Å². The molecule has 3 N–H and O–H groups in total. The molecule has 0 radical (unpaired) electrons. The number of carbonyl (C=O) groups is 1. The quantitative estimate of drug-likeness (QED) is 0.725. The van der Waals surface area contributed by atoms with E-state index in [0.29, 0.717) is 9.88 Å². The lowest BCUT2D eigenvalue weighted by Gasteiger charge is -2.00. The molecule has 3 nitrogen and oxygen atoms in total. The van der Waals surface area contributed by atoms with Crippen molar-refractivity contribution in [2.75, 3.05) is 12.3 Å². The van der Waals surface area contributed by atoms with Crippen LogP contribution >= 0.6 is 11.3 Å². The average molecular weight is 198 g/mol. The van der Waals surface area contributed by atoms with E-state index in [1.807, 2.05) is 0 Å². The number of carbonyl (C=O) groups excluding carboxylic acids is 1. The van der Waals surface area contributed by atoms with E-state index in [1.165, 1.54) is 11.3 Å². The molecule has 1 aromatic rings. The van der Waals surface area contributed by atoms with Crippen molar-refractivity contribution >= 4 is 22.2 Å². The Hall–Kier alpha value is -1.03. The Morgan fingerprint density at radius 2 is 2.38 bits per heavy atom. The molecule has 0 atom stereocenters. The Morgan fingerprint density at radius 3 is 2.92 bits per heavy atom. The van der Waals surface area contributed by atoms with E-state index < -0.39 is 0 Å². The van der Waals surface area contributed by atoms with Crippen molar-refractivity contribution in [1.82, 2.24) is 5.32 Å². The van der Waals surface area contributed by atoms with Crippen LogP contribution in [0.1, 0.15) is 29.4 Å². The normalized spacial score (nSPS) is 9.92. The summed E-state index contributed by atoms with van der Waals surface area (Å²) in [5.41, 5.74) is 5.51. The van der Waals surface area contributed by atoms with Crippen LogP contribution in [0.3, 0.4) is 0 Å². The molecule has 72 valence electrons. The fraction of sp³-hybridized carbons (Fsp3) is 0.444. The number of amides is 1. The number of thiophene rings is 1. The third-order valence-corrected chi connectivity index (χ3v) is 2.58. The zero-order valence-electron chi connectivity index (χ0n) is 7.67. The van der Waals surface area contributed by atoms with E-state index >= 15 is 0 Å². The first kappa shape index (κ1) is 10.1. The van der Waals surface area contributed by atoms with Gasteiger partial charge in [0.25, 0.3) is 5.91 Å². The van der Waals surface area contributed by atoms with Crippen molar-refractivity contribution in [3.8, 4) is 0 Å². The Morgan fingerprint density at radius 1 is 1.62 bits per heavy atom. The maximum atomic E-state index is 11.4. The van der Waals surface area contributed by atoms with Gasteiger partial charge in [0.1, 0.15) is 0 Å². The third-order valence-electron chi connectivity index (χ3n) is 1.67. The first-order chi connectivity index (χ1) is 6.24. The summed E-state index contributed by atoms with van der Waals surface area (Å²) in [4.78, 5) is 12.1. The number of rotatable bonds is 4. The lowest BCUT2D eigenvalue weighted by molar-refractivity contribution is 0.0957. The summed E-state index contributed by atoms with van der Waals surface area (Å²) < 4.78 is 0. The minimum Gasteiger partial charge on any atom is -0.391 e. The topological polar surface area (TPSA) is 55.1 Å². The van der Waals surface area contributed by atoms with Gasteiger partial charge >= 0.3 is 0 Å². The molecule has 0 aliphatic heterocycles. The molecule has 1 aromatic heterocycles. The van der Waals surface area contributed by atoms with Crippen molar-refractivity contribution in [1.29, 1.82) is 0 Å². The van der Waals surface area contributed by atoms with Crippen LogP contribution < -0.4 is 11.1 Å². The predicted octanol–water partition coefficient (Wildman–Crippen LogP) is 1.86. The van der Waals surface area contributed by atoms with Gasteiger partial charge in [0, 0.05) is 6.54 Å². The maximum absolute atomic E-state index is 11.4. The summed E-state index contributed by atoms with van der Waals surface area (Å²) >= 11 is 1.32. The molecule has 0 saturated heterocycles. The summed E-state index contributed by atoms with van der Waals surface area (Å²) in [6.45, 7) is 2.84. The van der Waals surface area contributed by atoms with E-state index in [-0.39, 0.29) is 5.91 Å². The molecule has 1 rings (SSSR count). The first-order valence-corrected chi connectivity index (χ1v) is 5.19. The zero-order chi connectivity index (χ0) is 9.68. The average Bonchev–Trinajstić information content (AvgIpc) is 2.52. The number of nitrogen functional groups attached to an aromatic ring is 1. The number of nitrogens with two attached hydrogens (primary N) is 1. The van der Waals surface area contributed by atoms with Gasteiger partial charge in [-0.15, -0.1) is 11.3 Å². The number of hydrogen-bond acceptors (Lipinski definition) is 3. The molecule has 0 spiro atoms. The second kappa shape index (κ2) is 4.87. The molecule has 1 heterocycles. The summed E-state index contributed by atoms with van der Waals surface area (Å²) in [6.07, 6.45) is 2.11. The van der Waals surface area contributed by atoms with Crippen molar-refractivity contribution < 1.29 is 4.79 Å². The molecule has 13 heavy (non-hydrogen) atoms. The van der Waals surface area contributed by atoms with Crippen molar-refractivity contribution in [2.45, 2.75) is 19.8 Å². The summed E-state index contributed by atoms with van der Waals surface area (Å²) in [5, 5.41) is 3.51. The van der Waals surface area contributed by atoms with E-state index in [4.69, 9.17) is 5.73 Å². The van der Waals surface area contributed by atoms with E-state index in [9.17, 15) is 4.79 Å². The smallest absolute Gasteiger partial charge is 0.261 e. The van der Waals surface area contributed by atoms with Gasteiger partial charge in [-0.1, -0.05) is 13.3 Å². The number of anilines is 1. The van der Waals surface area contributed by atoms with Crippen LogP contribution in [0.5, 0.6) is 0 Å². The highest BCUT2D eigenvalue weighted by Crippen LogP contribution is 2.17. The SMILES string of the molecule is CCCCNC(=O)c1ccc(N)s1. The van der Waals surface area contributed by atoms with Gasteiger partial charge in [0.2, 0.25) is 0 Å². The molecule has 1 amide bonds. The second-order valence-corrected chi connectivity index (χ2v) is 3.93. The minimum atomic E-state index is -0.0184. The van der Waals surface area contributed by atoms with Gasteiger partial charge in [-0.25, -0.2) is 0 Å². The number of hydrogen-bond donors (Lipinski definition) is 2. The van der Waals surface area contributed by atoms with Crippen LogP contribution in [0, 0.1) is 0 Å². The lowest BCUT2D eigenvalue weighted by atomic mass is 10.3. The second-order valence-electron chi connectivity index (χ2n) is 2.81. The monoisotopic (exact) mass is 198 g/mol. The summed E-state index contributed by atoms with van der Waals surface area (Å²) in [5.74, 6) is -0.0184. The van der Waals surface area contributed by atoms with Gasteiger partial charge in [0.05, 0.1) is 9.88 Å². The van der Waals surface area contributed by atoms with E-state index in [1.54, 1.807) is 12.1 Å². The van der Waals surface area contributed by atoms with Crippen LogP contribution in [0.2, 0.25) is 0 Å². The lowest BCUT2D eigenvalue weighted by Crippen LogP contribution is -2.23. The fourth-order valence-corrected chi connectivity index (χ4v) is 1.63. The zero-order valence-corrected chi connectivity index (χ0v) is 8.49. The molecule has 0 aromatic carbocycles. The van der Waals surface area contributed by atoms with Gasteiger partial charge in [-0.2, -0.15) is 0 Å². The molecule has 0 saturated carbocycles. The molecular formula is C9H14N2OS. The van der Waals surface area contributed by atoms with Gasteiger partial charge in [-0.3, -0.25) is 4.79 Å². The molecule has 0 bridgehead atoms. The highest BCUT2D eigenvalue weighted by Gasteiger charge is 2.06. The third kappa shape index (κ3) is 3.06. The Bertz CT molecular complexity index is 283. The van der Waals surface area contributed by atoms with E-state index in [2.05, 4.69) is 12.2 Å². The van der Waals surface area contributed by atoms with Crippen molar-refractivity contribution in [3.05, 3.63) is 17.0 Å². The molecule has 4 heteroatoms. The molecule has 0 aliphatic carbocycles. The van der Waals surface area contributed by atoms with Gasteiger partial charge in [0.15, 0.2) is 0 Å². The number of nitrogens with one attached hydrogen (secondary N) is 1. The van der Waals surface area contributed by atoms with Gasteiger partial charge in [-0.05, 0) is 18.6 Å². The van der Waals surface area contributed by atoms with Crippen LogP contribution in [0.25, 0.3) is 0 Å². The van der Waals surface area contributed by atoms with E-state index in [0.717, 1.165) is 19.4 Å². The molecular weight excluding hydrogens is 184 g/mol. The standard InChI is InChI=1S/C9H14N2OS/c1-2-3-6-11-9(12)7-4-5-8(10)13-7/h4-5H,2-3,6,10H2,1H3,(H,11,12). The molecule has 0 fully saturated rings. The highest BCUT2D eigenvalue weighted by molar-refractivity contribution is 7.17. The Kier molecular flexibility index (Phi) is 3.76. The molecule has 0 unspecified atom stereocenters. The van der Waals surface area contributed by atoms with Crippen LogP contribution in [0.15, 0.2) is 12.1 Å². The van der Waals surface area contributed by atoms with Crippen molar-refractivity contribution in [3.63, 3.8) is 0 Å². The van der Waals surface area contributed by atoms with Crippen LogP contribution in [-0.2, 0) is 0 Å². The highest BCUT2D eigenvalue weighted by atomic mass is 32.1. The summed E-state index contributed by atoms with van der Waals surface area (Å²) in [6, 6.07) is 3.50.